The molecule has 15 heteroatoms. The normalized spacial score (nSPS) is 30.7. The maximum absolute atomic E-state index is 15.2. The lowest BCUT2D eigenvalue weighted by molar-refractivity contribution is -0.144. The van der Waals surface area contributed by atoms with Crippen molar-refractivity contribution in [2.75, 3.05) is 26.2 Å². The maximum atomic E-state index is 15.2. The largest absolute Gasteiger partial charge is 0.351 e. The molecule has 7 atom stereocenters. The molecule has 2 aliphatic heterocycles. The van der Waals surface area contributed by atoms with Crippen LogP contribution in [0.5, 0.6) is 0 Å². The highest BCUT2D eigenvalue weighted by molar-refractivity contribution is 7.87. The van der Waals surface area contributed by atoms with Crippen LogP contribution in [-0.2, 0) is 34.2 Å². The summed E-state index contributed by atoms with van der Waals surface area (Å²) < 4.78 is 29.7. The van der Waals surface area contributed by atoms with Gasteiger partial charge in [-0.3, -0.25) is 28.9 Å². The third-order valence-corrected chi connectivity index (χ3v) is 18.2. The van der Waals surface area contributed by atoms with Crippen LogP contribution >= 0.6 is 0 Å². The summed E-state index contributed by atoms with van der Waals surface area (Å²) in [6.07, 6.45) is 13.2. The highest BCUT2D eigenvalue weighted by atomic mass is 32.2. The SMILES string of the molecule is C=CC1CC1(NC(=O)C1CC2(CN1C(=O)C(NC(=O)CC(NC(=O)C1CCCCN1C(C)C)C1CCCCC1)C(C)(C)C)C(C)(C)C21CCC1)C(=O)NS(=O)(=O)N(CC)CC. The lowest BCUT2D eigenvalue weighted by Crippen LogP contribution is -2.61. The summed E-state index contributed by atoms with van der Waals surface area (Å²) in [5.74, 6) is -2.39. The van der Waals surface area contributed by atoms with Crippen LogP contribution in [0.1, 0.15) is 152 Å². The molecular formula is C46H77N7O7S. The Bertz CT molecular complexity index is 1810. The summed E-state index contributed by atoms with van der Waals surface area (Å²) in [6, 6.07) is -2.32. The Morgan fingerprint density at radius 1 is 0.852 bits per heavy atom. The Morgan fingerprint density at radius 3 is 2.02 bits per heavy atom. The molecule has 5 amide bonds. The summed E-state index contributed by atoms with van der Waals surface area (Å²) in [5.41, 5.74) is -2.76. The van der Waals surface area contributed by atoms with Gasteiger partial charge in [0.25, 0.3) is 5.91 Å². The van der Waals surface area contributed by atoms with Crippen LogP contribution in [-0.4, -0.2) is 114 Å². The zero-order valence-corrected chi connectivity index (χ0v) is 39.5. The van der Waals surface area contributed by atoms with Crippen molar-refractivity contribution in [2.24, 2.45) is 33.5 Å². The Labute approximate surface area is 366 Å². The molecule has 0 aromatic rings. The number of likely N-dealkylation sites (tertiary alicyclic amines) is 2. The van der Waals surface area contributed by atoms with E-state index < -0.39 is 51.0 Å². The number of nitrogens with zero attached hydrogens (tertiary/aromatic N) is 3. The zero-order chi connectivity index (χ0) is 44.9. The van der Waals surface area contributed by atoms with Crippen LogP contribution in [0.2, 0.25) is 0 Å². The van der Waals surface area contributed by atoms with E-state index in [-0.39, 0.29) is 83.9 Å². The molecule has 4 aliphatic carbocycles. The summed E-state index contributed by atoms with van der Waals surface area (Å²) in [6.45, 7) is 23.2. The number of amides is 5. The monoisotopic (exact) mass is 872 g/mol. The van der Waals surface area contributed by atoms with E-state index in [2.05, 4.69) is 59.8 Å². The predicted molar refractivity (Wildman–Crippen MR) is 236 cm³/mol. The second-order valence-electron chi connectivity index (χ2n) is 21.3. The fraction of sp³-hybridized carbons (Fsp3) is 0.848. The van der Waals surface area contributed by atoms with Gasteiger partial charge in [-0.1, -0.05) is 86.6 Å². The molecule has 4 saturated carbocycles. The van der Waals surface area contributed by atoms with E-state index in [0.717, 1.165) is 81.5 Å². The minimum Gasteiger partial charge on any atom is -0.351 e. The third-order valence-electron chi connectivity index (χ3n) is 16.6. The minimum absolute atomic E-state index is 0.0148. The second kappa shape index (κ2) is 17.5. The molecule has 0 aromatic carbocycles. The summed E-state index contributed by atoms with van der Waals surface area (Å²) in [7, 11) is -4.17. The van der Waals surface area contributed by atoms with Crippen molar-refractivity contribution in [3.05, 3.63) is 12.7 Å². The highest BCUT2D eigenvalue weighted by Crippen LogP contribution is 2.88. The van der Waals surface area contributed by atoms with Crippen LogP contribution in [0.15, 0.2) is 12.7 Å². The van der Waals surface area contributed by atoms with E-state index >= 15 is 4.79 Å². The van der Waals surface area contributed by atoms with Crippen LogP contribution in [0.3, 0.4) is 0 Å². The number of carbonyl (C=O) groups excluding carboxylic acids is 5. The lowest BCUT2D eigenvalue weighted by atomic mass is 9.73. The Kier molecular flexibility index (Phi) is 13.6. The average molecular weight is 872 g/mol. The predicted octanol–water partition coefficient (Wildman–Crippen LogP) is 4.80. The van der Waals surface area contributed by atoms with E-state index in [4.69, 9.17) is 0 Å². The summed E-state index contributed by atoms with van der Waals surface area (Å²) in [4.78, 5) is 76.0. The number of nitrogens with one attached hydrogen (secondary N) is 4. The van der Waals surface area contributed by atoms with Crippen molar-refractivity contribution < 1.29 is 32.4 Å². The van der Waals surface area contributed by atoms with Crippen molar-refractivity contribution >= 4 is 39.7 Å². The average Bonchev–Trinajstić information content (AvgIpc) is 3.91. The van der Waals surface area contributed by atoms with E-state index in [0.29, 0.717) is 13.0 Å². The van der Waals surface area contributed by atoms with Crippen LogP contribution in [0, 0.1) is 33.5 Å². The number of hydrogen-bond donors (Lipinski definition) is 4. The highest BCUT2D eigenvalue weighted by Gasteiger charge is 2.85. The fourth-order valence-electron chi connectivity index (χ4n) is 12.5. The Balaban J connectivity index is 1.24. The number of fused-ring (bicyclic) bond motifs is 1. The Hall–Kier alpha value is -3.04. The van der Waals surface area contributed by atoms with Gasteiger partial charge in [-0.05, 0) is 93.9 Å². The van der Waals surface area contributed by atoms with Crippen molar-refractivity contribution in [3.63, 3.8) is 0 Å². The van der Waals surface area contributed by atoms with Gasteiger partial charge in [0.1, 0.15) is 17.6 Å². The topological polar surface area (TPSA) is 177 Å². The van der Waals surface area contributed by atoms with Gasteiger partial charge >= 0.3 is 10.2 Å². The fourth-order valence-corrected chi connectivity index (χ4v) is 13.7. The van der Waals surface area contributed by atoms with E-state index in [1.54, 1.807) is 24.8 Å². The van der Waals surface area contributed by atoms with Gasteiger partial charge in [0, 0.05) is 49.5 Å². The van der Waals surface area contributed by atoms with Gasteiger partial charge in [0.15, 0.2) is 0 Å². The van der Waals surface area contributed by atoms with Gasteiger partial charge in [0.05, 0.1) is 6.04 Å². The molecular weight excluding hydrogens is 795 g/mol. The van der Waals surface area contributed by atoms with Gasteiger partial charge < -0.3 is 20.9 Å². The molecule has 61 heavy (non-hydrogen) atoms. The third kappa shape index (κ3) is 8.54. The molecule has 6 aliphatic rings. The molecule has 0 aromatic heterocycles. The minimum atomic E-state index is -4.17. The number of rotatable bonds is 16. The molecule has 2 spiro atoms. The Morgan fingerprint density at radius 2 is 1.49 bits per heavy atom. The first-order valence-corrected chi connectivity index (χ1v) is 24.9. The first-order chi connectivity index (χ1) is 28.6. The molecule has 7 unspecified atom stereocenters. The van der Waals surface area contributed by atoms with Crippen molar-refractivity contribution in [2.45, 2.75) is 188 Å². The summed E-state index contributed by atoms with van der Waals surface area (Å²) >= 11 is 0. The zero-order valence-electron chi connectivity index (χ0n) is 38.7. The van der Waals surface area contributed by atoms with Crippen LogP contribution < -0.4 is 20.7 Å². The molecule has 6 rings (SSSR count). The smallest absolute Gasteiger partial charge is 0.303 e. The van der Waals surface area contributed by atoms with Gasteiger partial charge in [-0.25, -0.2) is 4.72 Å². The second-order valence-corrected chi connectivity index (χ2v) is 23.0. The van der Waals surface area contributed by atoms with Crippen molar-refractivity contribution in [3.8, 4) is 0 Å². The van der Waals surface area contributed by atoms with Gasteiger partial charge in [-0.15, -0.1) is 6.58 Å². The van der Waals surface area contributed by atoms with Gasteiger partial charge in [-0.2, -0.15) is 12.7 Å². The molecule has 344 valence electrons. The quantitative estimate of drug-likeness (QED) is 0.160. The maximum Gasteiger partial charge on any atom is 0.303 e. The first kappa shape index (κ1) is 47.4. The molecule has 6 fully saturated rings. The van der Waals surface area contributed by atoms with Crippen LogP contribution in [0.4, 0.5) is 0 Å². The molecule has 2 heterocycles. The van der Waals surface area contributed by atoms with E-state index in [9.17, 15) is 27.6 Å². The number of carbonyl (C=O) groups is 5. The van der Waals surface area contributed by atoms with Crippen molar-refractivity contribution in [1.29, 1.82) is 0 Å². The van der Waals surface area contributed by atoms with E-state index in [1.165, 1.54) is 0 Å². The number of piperidine rings is 1. The van der Waals surface area contributed by atoms with Crippen molar-refractivity contribution in [1.82, 2.24) is 34.8 Å². The molecule has 4 N–H and O–H groups in total. The molecule has 14 nitrogen and oxygen atoms in total. The van der Waals surface area contributed by atoms with E-state index in [1.807, 2.05) is 20.8 Å². The molecule has 0 radical (unpaired) electrons. The lowest BCUT2D eigenvalue weighted by Gasteiger charge is -2.39. The van der Waals surface area contributed by atoms with Crippen LogP contribution in [0.25, 0.3) is 0 Å². The summed E-state index contributed by atoms with van der Waals surface area (Å²) in [5, 5.41) is 9.43. The van der Waals surface area contributed by atoms with Gasteiger partial charge in [0.2, 0.25) is 23.6 Å². The number of hydrogen-bond acceptors (Lipinski definition) is 8. The standard InChI is InChI=1S/C46H77N7O7S/c1-11-32-27-46(32,41(58)50-61(59,60)51(12-2)13-3)49-39(56)35-28-45(43(9,10)44(45)23-19-24-44)29-53(35)40(57)37(42(6,7)8)48-36(54)26-33(31-20-15-14-16-21-31)47-38(55)34-22-17-18-25-52(34)30(4)5/h11,30-35,37H,1,12-29H2,2-10H3,(H,47,55)(H,48,54)(H,49,56)(H,50,58). The first-order valence-electron chi connectivity index (χ1n) is 23.5. The molecule has 0 bridgehead atoms. The molecule has 2 saturated heterocycles.